The molecule has 0 saturated carbocycles. The molecule has 2 atom stereocenters. The molecular weight excluding hydrogens is 159 g/mol. The zero-order chi connectivity index (χ0) is 7.78. The number of aliphatic hydroxyl groups is 1. The number of sulfone groups is 1. The number of hydrogen-bond acceptors (Lipinski definition) is 3. The van der Waals surface area contributed by atoms with Gasteiger partial charge in [0.05, 0.1) is 11.5 Å². The van der Waals surface area contributed by atoms with E-state index in [0.29, 0.717) is 0 Å². The van der Waals surface area contributed by atoms with Crippen LogP contribution in [0.25, 0.3) is 0 Å². The van der Waals surface area contributed by atoms with Gasteiger partial charge in [0, 0.05) is 12.5 Å². The Bertz CT molecular complexity index is 211. The highest BCUT2D eigenvalue weighted by atomic mass is 32.2. The normalized spacial score (nSPS) is 38.2. The van der Waals surface area contributed by atoms with Crippen LogP contribution in [0.5, 0.6) is 0 Å². The van der Waals surface area contributed by atoms with Gasteiger partial charge in [0.25, 0.3) is 0 Å². The zero-order valence-corrected chi connectivity index (χ0v) is 6.14. The topological polar surface area (TPSA) is 54.4 Å². The Morgan fingerprint density at radius 2 is 2.10 bits per heavy atom. The van der Waals surface area contributed by atoms with Crippen LogP contribution in [0.2, 0.25) is 0 Å². The molecule has 1 aliphatic rings. The highest BCUT2D eigenvalue weighted by Crippen LogP contribution is 2.21. The average molecular weight is 168 g/mol. The van der Waals surface area contributed by atoms with Crippen molar-refractivity contribution in [2.24, 2.45) is 5.92 Å². The summed E-state index contributed by atoms with van der Waals surface area (Å²) < 4.78 is 33.9. The van der Waals surface area contributed by atoms with E-state index in [0.717, 1.165) is 0 Å². The highest BCUT2D eigenvalue weighted by Gasteiger charge is 2.37. The van der Waals surface area contributed by atoms with E-state index in [2.05, 4.69) is 0 Å². The minimum Gasteiger partial charge on any atom is -0.396 e. The Balaban J connectivity index is 2.71. The Morgan fingerprint density at radius 3 is 2.30 bits per heavy atom. The lowest BCUT2D eigenvalue weighted by atomic mass is 10.1. The minimum atomic E-state index is -3.19. The Hall–Kier alpha value is -0.160. The minimum absolute atomic E-state index is 0.204. The van der Waals surface area contributed by atoms with Crippen LogP contribution in [0.4, 0.5) is 4.39 Å². The smallest absolute Gasteiger partial charge is 0.153 e. The molecule has 1 saturated heterocycles. The number of alkyl halides is 1. The summed E-state index contributed by atoms with van der Waals surface area (Å²) in [6, 6.07) is 0. The summed E-state index contributed by atoms with van der Waals surface area (Å²) in [5, 5.41) is 8.46. The quantitative estimate of drug-likeness (QED) is 0.566. The van der Waals surface area contributed by atoms with Gasteiger partial charge in [0.1, 0.15) is 6.17 Å². The molecule has 0 bridgehead atoms. The monoisotopic (exact) mass is 168 g/mol. The van der Waals surface area contributed by atoms with Crippen molar-refractivity contribution in [2.75, 3.05) is 18.1 Å². The molecule has 0 aromatic heterocycles. The van der Waals surface area contributed by atoms with E-state index in [1.54, 1.807) is 0 Å². The molecule has 0 radical (unpaired) electrons. The maximum Gasteiger partial charge on any atom is 0.153 e. The molecular formula is C5H9FO3S. The van der Waals surface area contributed by atoms with Crippen molar-refractivity contribution in [1.82, 2.24) is 0 Å². The molecule has 0 aliphatic carbocycles. The van der Waals surface area contributed by atoms with Gasteiger partial charge in [0.15, 0.2) is 9.84 Å². The van der Waals surface area contributed by atoms with E-state index in [4.69, 9.17) is 5.11 Å². The molecule has 0 amide bonds. The third kappa shape index (κ3) is 1.46. The first-order chi connectivity index (χ1) is 4.55. The summed E-state index contributed by atoms with van der Waals surface area (Å²) in [5.41, 5.74) is 0. The van der Waals surface area contributed by atoms with Gasteiger partial charge in [-0.05, 0) is 0 Å². The van der Waals surface area contributed by atoms with Crippen molar-refractivity contribution >= 4 is 9.84 Å². The van der Waals surface area contributed by atoms with Crippen molar-refractivity contribution in [3.63, 3.8) is 0 Å². The Kier molecular flexibility index (Phi) is 1.96. The Morgan fingerprint density at radius 1 is 1.50 bits per heavy atom. The standard InChI is InChI=1S/C5H9FO3S/c6-5-3-10(8,9)2-4(5)1-7/h4-5,7H,1-3H2/t4-,5+/m0/s1. The maximum absolute atomic E-state index is 12.5. The summed E-state index contributed by atoms with van der Waals surface area (Å²) in [7, 11) is -3.19. The Labute approximate surface area is 58.8 Å². The van der Waals surface area contributed by atoms with Gasteiger partial charge in [-0.15, -0.1) is 0 Å². The molecule has 0 unspecified atom stereocenters. The average Bonchev–Trinajstić information content (AvgIpc) is 2.05. The summed E-state index contributed by atoms with van der Waals surface area (Å²) in [6.45, 7) is -0.375. The van der Waals surface area contributed by atoms with Crippen molar-refractivity contribution in [3.05, 3.63) is 0 Å². The largest absolute Gasteiger partial charge is 0.396 e. The van der Waals surface area contributed by atoms with Crippen LogP contribution in [0.15, 0.2) is 0 Å². The predicted octanol–water partition coefficient (Wildman–Crippen LogP) is -0.639. The van der Waals surface area contributed by atoms with E-state index in [-0.39, 0.29) is 12.4 Å². The van der Waals surface area contributed by atoms with Gasteiger partial charge >= 0.3 is 0 Å². The van der Waals surface area contributed by atoms with Gasteiger partial charge in [-0.25, -0.2) is 12.8 Å². The van der Waals surface area contributed by atoms with Crippen molar-refractivity contribution in [1.29, 1.82) is 0 Å². The lowest BCUT2D eigenvalue weighted by molar-refractivity contribution is 0.175. The first-order valence-corrected chi connectivity index (χ1v) is 4.82. The highest BCUT2D eigenvalue weighted by molar-refractivity contribution is 7.91. The molecule has 5 heteroatoms. The van der Waals surface area contributed by atoms with Crippen molar-refractivity contribution < 1.29 is 17.9 Å². The predicted molar refractivity (Wildman–Crippen MR) is 34.1 cm³/mol. The van der Waals surface area contributed by atoms with Crippen LogP contribution in [-0.4, -0.2) is 37.8 Å². The van der Waals surface area contributed by atoms with Gasteiger partial charge in [0.2, 0.25) is 0 Å². The molecule has 3 nitrogen and oxygen atoms in total. The third-order valence-electron chi connectivity index (χ3n) is 1.63. The number of hydrogen-bond donors (Lipinski definition) is 1. The summed E-state index contributed by atoms with van der Waals surface area (Å²) in [4.78, 5) is 0. The van der Waals surface area contributed by atoms with Gasteiger partial charge < -0.3 is 5.11 Å². The number of aliphatic hydroxyl groups excluding tert-OH is 1. The van der Waals surface area contributed by atoms with E-state index in [1.165, 1.54) is 0 Å². The van der Waals surface area contributed by atoms with Crippen LogP contribution in [-0.2, 0) is 9.84 Å². The van der Waals surface area contributed by atoms with Crippen LogP contribution in [0, 0.1) is 5.92 Å². The second kappa shape index (κ2) is 2.47. The molecule has 10 heavy (non-hydrogen) atoms. The second-order valence-corrected chi connectivity index (χ2v) is 4.69. The molecule has 60 valence electrons. The first-order valence-electron chi connectivity index (χ1n) is 3.00. The van der Waals surface area contributed by atoms with E-state index in [9.17, 15) is 12.8 Å². The van der Waals surface area contributed by atoms with E-state index >= 15 is 0 Å². The number of rotatable bonds is 1. The third-order valence-corrected chi connectivity index (χ3v) is 3.39. The molecule has 1 fully saturated rings. The summed E-state index contributed by atoms with van der Waals surface area (Å²) in [6.07, 6.45) is -1.37. The zero-order valence-electron chi connectivity index (χ0n) is 5.33. The first kappa shape index (κ1) is 7.94. The van der Waals surface area contributed by atoms with Crippen LogP contribution >= 0.6 is 0 Å². The molecule has 1 rings (SSSR count). The van der Waals surface area contributed by atoms with Gasteiger partial charge in [-0.2, -0.15) is 0 Å². The molecule has 1 heterocycles. The second-order valence-electron chi connectivity index (χ2n) is 2.54. The van der Waals surface area contributed by atoms with Gasteiger partial charge in [-0.3, -0.25) is 0 Å². The SMILES string of the molecule is O=S1(=O)C[C@H](CO)[C@H](F)C1. The molecule has 0 aromatic rings. The van der Waals surface area contributed by atoms with Crippen molar-refractivity contribution in [2.45, 2.75) is 6.17 Å². The van der Waals surface area contributed by atoms with E-state index in [1.807, 2.05) is 0 Å². The van der Waals surface area contributed by atoms with Crippen molar-refractivity contribution in [3.8, 4) is 0 Å². The fourth-order valence-corrected chi connectivity index (χ4v) is 2.90. The van der Waals surface area contributed by atoms with Crippen LogP contribution in [0.1, 0.15) is 0 Å². The lowest BCUT2D eigenvalue weighted by Crippen LogP contribution is -2.16. The number of halogens is 1. The summed E-state index contributed by atoms with van der Waals surface area (Å²) >= 11 is 0. The van der Waals surface area contributed by atoms with E-state index < -0.39 is 27.7 Å². The molecule has 0 spiro atoms. The summed E-state index contributed by atoms with van der Waals surface area (Å²) in [5.74, 6) is -1.31. The molecule has 0 aromatic carbocycles. The van der Waals surface area contributed by atoms with Crippen LogP contribution < -0.4 is 0 Å². The molecule has 1 N–H and O–H groups in total. The molecule has 1 aliphatic heterocycles. The van der Waals surface area contributed by atoms with Crippen LogP contribution in [0.3, 0.4) is 0 Å². The fourth-order valence-electron chi connectivity index (χ4n) is 1.04. The lowest BCUT2D eigenvalue weighted by Gasteiger charge is -2.03. The maximum atomic E-state index is 12.5. The van der Waals surface area contributed by atoms with Gasteiger partial charge in [-0.1, -0.05) is 0 Å². The fraction of sp³-hybridized carbons (Fsp3) is 1.00.